The molecule has 1 amide bonds. The number of carbonyl (C=O) groups excluding carboxylic acids is 1. The lowest BCUT2D eigenvalue weighted by atomic mass is 10.3. The maximum absolute atomic E-state index is 11.9. The van der Waals surface area contributed by atoms with E-state index in [4.69, 9.17) is 5.73 Å². The van der Waals surface area contributed by atoms with Crippen LogP contribution in [0.15, 0.2) is 39.9 Å². The molecule has 20 heavy (non-hydrogen) atoms. The predicted molar refractivity (Wildman–Crippen MR) is 80.4 cm³/mol. The summed E-state index contributed by atoms with van der Waals surface area (Å²) in [6, 6.07) is 4.56. The minimum Gasteiger partial charge on any atom is -0.398 e. The van der Waals surface area contributed by atoms with E-state index in [-0.39, 0.29) is 18.0 Å². The molecule has 0 aliphatic rings. The first-order valence-corrected chi connectivity index (χ1v) is 6.63. The maximum atomic E-state index is 11.9. The smallest absolute Gasteiger partial charge is 0.251 e. The zero-order valence-corrected chi connectivity index (χ0v) is 12.3. The number of carbonyl (C=O) groups is 1. The van der Waals surface area contributed by atoms with Crippen LogP contribution in [0.4, 0.5) is 11.5 Å². The molecule has 2 heterocycles. The number of halogens is 1. The van der Waals surface area contributed by atoms with Crippen molar-refractivity contribution in [1.82, 2.24) is 9.55 Å². The molecule has 0 saturated carbocycles. The van der Waals surface area contributed by atoms with E-state index in [0.29, 0.717) is 11.5 Å². The highest BCUT2D eigenvalue weighted by Gasteiger charge is 2.07. The molecule has 2 aromatic rings. The Labute approximate surface area is 123 Å². The van der Waals surface area contributed by atoms with E-state index in [0.717, 1.165) is 10.0 Å². The van der Waals surface area contributed by atoms with Crippen LogP contribution in [-0.4, -0.2) is 15.5 Å². The molecule has 0 fully saturated rings. The summed E-state index contributed by atoms with van der Waals surface area (Å²) < 4.78 is 2.11. The number of amides is 1. The van der Waals surface area contributed by atoms with Gasteiger partial charge in [0.2, 0.25) is 5.91 Å². The summed E-state index contributed by atoms with van der Waals surface area (Å²) in [7, 11) is 0. The summed E-state index contributed by atoms with van der Waals surface area (Å²) in [4.78, 5) is 27.5. The predicted octanol–water partition coefficient (Wildman–Crippen LogP) is 1.54. The number of aryl methyl sites for hydroxylation is 1. The van der Waals surface area contributed by atoms with E-state index in [9.17, 15) is 9.59 Å². The molecule has 0 saturated heterocycles. The van der Waals surface area contributed by atoms with Crippen molar-refractivity contribution in [2.45, 2.75) is 13.5 Å². The molecule has 0 spiro atoms. The third-order valence-electron chi connectivity index (χ3n) is 2.63. The number of anilines is 2. The van der Waals surface area contributed by atoms with Crippen LogP contribution in [0.5, 0.6) is 0 Å². The summed E-state index contributed by atoms with van der Waals surface area (Å²) in [5, 5.41) is 2.63. The number of hydrogen-bond acceptors (Lipinski definition) is 4. The van der Waals surface area contributed by atoms with Crippen LogP contribution in [0, 0.1) is 6.92 Å². The van der Waals surface area contributed by atoms with Crippen molar-refractivity contribution in [1.29, 1.82) is 0 Å². The molecule has 0 radical (unpaired) electrons. The largest absolute Gasteiger partial charge is 0.398 e. The first-order chi connectivity index (χ1) is 9.45. The van der Waals surface area contributed by atoms with E-state index in [1.165, 1.54) is 22.9 Å². The van der Waals surface area contributed by atoms with E-state index < -0.39 is 0 Å². The van der Waals surface area contributed by atoms with Gasteiger partial charge in [0, 0.05) is 28.6 Å². The van der Waals surface area contributed by atoms with E-state index >= 15 is 0 Å². The van der Waals surface area contributed by atoms with Crippen LogP contribution in [0.2, 0.25) is 0 Å². The molecule has 104 valence electrons. The molecule has 2 aromatic heterocycles. The standard InChI is InChI=1S/C13H13BrN4O2/c1-8-4-11(16-5-10(8)14)17-12(19)7-18-6-9(15)2-3-13(18)20/h2-6H,7,15H2,1H3,(H,16,17,19). The number of hydrogen-bond donors (Lipinski definition) is 2. The first kappa shape index (κ1) is 14.3. The van der Waals surface area contributed by atoms with Crippen molar-refractivity contribution in [2.24, 2.45) is 0 Å². The molecule has 0 aromatic carbocycles. The Morgan fingerprint density at radius 1 is 1.50 bits per heavy atom. The number of nitrogen functional groups attached to an aromatic ring is 1. The van der Waals surface area contributed by atoms with E-state index in [1.54, 1.807) is 12.3 Å². The van der Waals surface area contributed by atoms with Crippen LogP contribution < -0.4 is 16.6 Å². The number of pyridine rings is 2. The summed E-state index contributed by atoms with van der Waals surface area (Å²) in [5.74, 6) is 0.0968. The zero-order chi connectivity index (χ0) is 14.7. The van der Waals surface area contributed by atoms with Crippen molar-refractivity contribution in [3.05, 3.63) is 51.0 Å². The van der Waals surface area contributed by atoms with Gasteiger partial charge in [-0.3, -0.25) is 9.59 Å². The highest BCUT2D eigenvalue weighted by atomic mass is 79.9. The van der Waals surface area contributed by atoms with Crippen LogP contribution in [-0.2, 0) is 11.3 Å². The molecule has 3 N–H and O–H groups in total. The average Bonchev–Trinajstić information content (AvgIpc) is 2.38. The lowest BCUT2D eigenvalue weighted by Gasteiger charge is -2.08. The molecular formula is C13H13BrN4O2. The second-order valence-corrected chi connectivity index (χ2v) is 5.15. The summed E-state index contributed by atoms with van der Waals surface area (Å²) >= 11 is 3.33. The Bertz CT molecular complexity index is 712. The fourth-order valence-electron chi connectivity index (χ4n) is 1.62. The van der Waals surface area contributed by atoms with Gasteiger partial charge in [-0.1, -0.05) is 0 Å². The molecule has 0 bridgehead atoms. The summed E-state index contributed by atoms with van der Waals surface area (Å²) in [6.07, 6.45) is 3.04. The van der Waals surface area contributed by atoms with Crippen LogP contribution in [0.3, 0.4) is 0 Å². The monoisotopic (exact) mass is 336 g/mol. The van der Waals surface area contributed by atoms with Crippen molar-refractivity contribution in [3.8, 4) is 0 Å². The topological polar surface area (TPSA) is 90.0 Å². The highest BCUT2D eigenvalue weighted by Crippen LogP contribution is 2.17. The quantitative estimate of drug-likeness (QED) is 0.889. The van der Waals surface area contributed by atoms with Gasteiger partial charge < -0.3 is 15.6 Å². The SMILES string of the molecule is Cc1cc(NC(=O)Cn2cc(N)ccc2=O)ncc1Br. The lowest BCUT2D eigenvalue weighted by Crippen LogP contribution is -2.27. The zero-order valence-electron chi connectivity index (χ0n) is 10.8. The third-order valence-corrected chi connectivity index (χ3v) is 3.46. The maximum Gasteiger partial charge on any atom is 0.251 e. The lowest BCUT2D eigenvalue weighted by molar-refractivity contribution is -0.116. The second kappa shape index (κ2) is 5.87. The normalized spacial score (nSPS) is 10.3. The van der Waals surface area contributed by atoms with E-state index in [2.05, 4.69) is 26.2 Å². The molecule has 7 heteroatoms. The minimum absolute atomic E-state index is 0.110. The molecular weight excluding hydrogens is 324 g/mol. The van der Waals surface area contributed by atoms with Crippen molar-refractivity contribution < 1.29 is 4.79 Å². The van der Waals surface area contributed by atoms with Gasteiger partial charge in [0.15, 0.2) is 0 Å². The van der Waals surface area contributed by atoms with Gasteiger partial charge in [-0.2, -0.15) is 0 Å². The number of aromatic nitrogens is 2. The summed E-state index contributed by atoms with van der Waals surface area (Å²) in [5.41, 5.74) is 6.68. The van der Waals surface area contributed by atoms with Crippen molar-refractivity contribution in [2.75, 3.05) is 11.1 Å². The van der Waals surface area contributed by atoms with Crippen molar-refractivity contribution >= 4 is 33.3 Å². The summed E-state index contributed by atoms with van der Waals surface area (Å²) in [6.45, 7) is 1.78. The Kier molecular flexibility index (Phi) is 4.19. The Balaban J connectivity index is 2.11. The Morgan fingerprint density at radius 2 is 2.25 bits per heavy atom. The van der Waals surface area contributed by atoms with Crippen LogP contribution >= 0.6 is 15.9 Å². The van der Waals surface area contributed by atoms with Gasteiger partial charge in [0.25, 0.3) is 5.56 Å². The molecule has 6 nitrogen and oxygen atoms in total. The van der Waals surface area contributed by atoms with Crippen LogP contribution in [0.1, 0.15) is 5.56 Å². The van der Waals surface area contributed by atoms with Gasteiger partial charge in [0.05, 0.1) is 0 Å². The van der Waals surface area contributed by atoms with E-state index in [1.807, 2.05) is 6.92 Å². The molecule has 0 aliphatic carbocycles. The van der Waals surface area contributed by atoms with Gasteiger partial charge in [-0.25, -0.2) is 4.98 Å². The van der Waals surface area contributed by atoms with Gasteiger partial charge >= 0.3 is 0 Å². The first-order valence-electron chi connectivity index (χ1n) is 5.83. The number of nitrogens with zero attached hydrogens (tertiary/aromatic N) is 2. The number of nitrogens with one attached hydrogen (secondary N) is 1. The fourth-order valence-corrected chi connectivity index (χ4v) is 1.84. The van der Waals surface area contributed by atoms with Gasteiger partial charge in [-0.05, 0) is 40.5 Å². The van der Waals surface area contributed by atoms with Gasteiger partial charge in [-0.15, -0.1) is 0 Å². The van der Waals surface area contributed by atoms with Crippen molar-refractivity contribution in [3.63, 3.8) is 0 Å². The molecule has 0 atom stereocenters. The Morgan fingerprint density at radius 3 is 2.95 bits per heavy atom. The van der Waals surface area contributed by atoms with Gasteiger partial charge in [0.1, 0.15) is 12.4 Å². The Hall–Kier alpha value is -2.15. The molecule has 0 unspecified atom stereocenters. The number of rotatable bonds is 3. The molecule has 2 rings (SSSR count). The fraction of sp³-hybridized carbons (Fsp3) is 0.154. The number of nitrogens with two attached hydrogens (primary N) is 1. The van der Waals surface area contributed by atoms with Crippen LogP contribution in [0.25, 0.3) is 0 Å². The highest BCUT2D eigenvalue weighted by molar-refractivity contribution is 9.10. The average molecular weight is 337 g/mol. The third kappa shape index (κ3) is 3.45. The molecule has 0 aliphatic heterocycles. The second-order valence-electron chi connectivity index (χ2n) is 4.30. The minimum atomic E-state index is -0.341.